The average molecular weight is 208 g/mol. The summed E-state index contributed by atoms with van der Waals surface area (Å²) in [4.78, 5) is 2.80. The molecular formula is C13H24N2. The van der Waals surface area contributed by atoms with Crippen LogP contribution in [-0.4, -0.2) is 28.6 Å². The fourth-order valence-electron chi connectivity index (χ4n) is 4.64. The van der Waals surface area contributed by atoms with Gasteiger partial charge in [0.25, 0.3) is 0 Å². The lowest BCUT2D eigenvalue weighted by Gasteiger charge is -2.62. The molecule has 2 saturated carbocycles. The van der Waals surface area contributed by atoms with Gasteiger partial charge >= 0.3 is 0 Å². The van der Waals surface area contributed by atoms with Crippen molar-refractivity contribution in [3.8, 4) is 0 Å². The van der Waals surface area contributed by atoms with E-state index in [2.05, 4.69) is 25.7 Å². The van der Waals surface area contributed by atoms with Crippen LogP contribution in [0.1, 0.15) is 46.5 Å². The van der Waals surface area contributed by atoms with Gasteiger partial charge in [-0.15, -0.1) is 0 Å². The van der Waals surface area contributed by atoms with Crippen molar-refractivity contribution >= 4 is 0 Å². The van der Waals surface area contributed by atoms with Crippen molar-refractivity contribution < 1.29 is 0 Å². The van der Waals surface area contributed by atoms with Gasteiger partial charge in [-0.2, -0.15) is 0 Å². The summed E-state index contributed by atoms with van der Waals surface area (Å²) >= 11 is 0. The van der Waals surface area contributed by atoms with Gasteiger partial charge < -0.3 is 5.73 Å². The lowest BCUT2D eigenvalue weighted by Crippen LogP contribution is -2.68. The summed E-state index contributed by atoms with van der Waals surface area (Å²) < 4.78 is 0. The number of hydrogen-bond donors (Lipinski definition) is 1. The van der Waals surface area contributed by atoms with Gasteiger partial charge in [-0.3, -0.25) is 4.90 Å². The summed E-state index contributed by atoms with van der Waals surface area (Å²) in [5.41, 5.74) is 6.66. The van der Waals surface area contributed by atoms with Crippen molar-refractivity contribution in [3.05, 3.63) is 0 Å². The topological polar surface area (TPSA) is 29.3 Å². The molecule has 0 radical (unpaired) electrons. The Balaban J connectivity index is 1.88. The van der Waals surface area contributed by atoms with E-state index in [4.69, 9.17) is 5.73 Å². The second-order valence-corrected chi connectivity index (χ2v) is 6.93. The Bertz CT molecular complexity index is 236. The van der Waals surface area contributed by atoms with Gasteiger partial charge in [0.05, 0.1) is 0 Å². The van der Waals surface area contributed by atoms with Crippen molar-refractivity contribution in [1.82, 2.24) is 4.90 Å². The van der Waals surface area contributed by atoms with Crippen molar-refractivity contribution in [2.75, 3.05) is 0 Å². The van der Waals surface area contributed by atoms with Gasteiger partial charge in [0.1, 0.15) is 0 Å². The molecule has 0 aromatic rings. The molecule has 4 bridgehead atoms. The molecule has 2 heteroatoms. The van der Waals surface area contributed by atoms with E-state index in [1.165, 1.54) is 25.7 Å². The van der Waals surface area contributed by atoms with E-state index in [9.17, 15) is 0 Å². The van der Waals surface area contributed by atoms with Crippen LogP contribution in [0.5, 0.6) is 0 Å². The molecule has 15 heavy (non-hydrogen) atoms. The van der Waals surface area contributed by atoms with Gasteiger partial charge in [-0.05, 0) is 58.3 Å². The molecule has 4 rings (SSSR count). The quantitative estimate of drug-likeness (QED) is 0.659. The van der Waals surface area contributed by atoms with Gasteiger partial charge in [0.2, 0.25) is 0 Å². The van der Waals surface area contributed by atoms with Crippen LogP contribution in [0, 0.1) is 11.8 Å². The van der Waals surface area contributed by atoms with E-state index in [-0.39, 0.29) is 0 Å². The molecular weight excluding hydrogens is 184 g/mol. The molecule has 0 spiro atoms. The largest absolute Gasteiger partial charge is 0.327 e. The molecule has 0 aromatic heterocycles. The summed E-state index contributed by atoms with van der Waals surface area (Å²) in [6, 6.07) is 2.21. The van der Waals surface area contributed by atoms with E-state index in [0.717, 1.165) is 23.9 Å². The molecule has 2 N–H and O–H groups in total. The third-order valence-corrected chi connectivity index (χ3v) is 4.95. The van der Waals surface area contributed by atoms with E-state index < -0.39 is 0 Å². The number of rotatable bonds is 0. The van der Waals surface area contributed by atoms with E-state index in [0.29, 0.717) is 11.6 Å². The molecule has 2 heterocycles. The minimum absolute atomic E-state index is 0.354. The van der Waals surface area contributed by atoms with Crippen LogP contribution in [0.15, 0.2) is 0 Å². The predicted molar refractivity (Wildman–Crippen MR) is 62.6 cm³/mol. The summed E-state index contributed by atoms with van der Waals surface area (Å²) in [6.07, 6.45) is 5.47. The van der Waals surface area contributed by atoms with Crippen molar-refractivity contribution in [2.24, 2.45) is 17.6 Å². The van der Waals surface area contributed by atoms with E-state index in [1.807, 2.05) is 0 Å². The SMILES string of the molecule is CC(C)(C)N1C2CC3CC1CC(C2)C3N. The minimum Gasteiger partial charge on any atom is -0.327 e. The highest BCUT2D eigenvalue weighted by atomic mass is 15.3. The summed E-state index contributed by atoms with van der Waals surface area (Å²) in [5.74, 6) is 1.68. The smallest absolute Gasteiger partial charge is 0.0130 e. The lowest BCUT2D eigenvalue weighted by atomic mass is 9.60. The Morgan fingerprint density at radius 3 is 1.67 bits per heavy atom. The molecule has 0 atom stereocenters. The first-order chi connectivity index (χ1) is 6.97. The first-order valence-electron chi connectivity index (χ1n) is 6.51. The van der Waals surface area contributed by atoms with Crippen LogP contribution in [0.3, 0.4) is 0 Å². The molecule has 4 aliphatic rings. The normalized spacial score (nSPS) is 50.0. The zero-order valence-corrected chi connectivity index (χ0v) is 10.2. The Morgan fingerprint density at radius 2 is 1.33 bits per heavy atom. The Labute approximate surface area is 93.2 Å². The number of hydrogen-bond acceptors (Lipinski definition) is 2. The number of nitrogens with zero attached hydrogens (tertiary/aromatic N) is 1. The van der Waals surface area contributed by atoms with Crippen molar-refractivity contribution in [1.29, 1.82) is 0 Å². The molecule has 86 valence electrons. The third-order valence-electron chi connectivity index (χ3n) is 4.95. The first-order valence-corrected chi connectivity index (χ1v) is 6.51. The van der Waals surface area contributed by atoms with Crippen LogP contribution in [-0.2, 0) is 0 Å². The molecule has 0 aromatic carbocycles. The Hall–Kier alpha value is -0.0800. The zero-order valence-electron chi connectivity index (χ0n) is 10.2. The van der Waals surface area contributed by atoms with Crippen molar-refractivity contribution in [3.63, 3.8) is 0 Å². The van der Waals surface area contributed by atoms with Crippen molar-refractivity contribution in [2.45, 2.75) is 70.1 Å². The Kier molecular flexibility index (Phi) is 2.01. The minimum atomic E-state index is 0.354. The highest BCUT2D eigenvalue weighted by Gasteiger charge is 2.52. The highest BCUT2D eigenvalue weighted by molar-refractivity contribution is 5.08. The predicted octanol–water partition coefficient (Wildman–Crippen LogP) is 1.98. The molecule has 0 unspecified atom stereocenters. The molecule has 2 saturated heterocycles. The summed E-state index contributed by atoms with van der Waals surface area (Å²) in [7, 11) is 0. The summed E-state index contributed by atoms with van der Waals surface area (Å²) in [5, 5.41) is 0. The van der Waals surface area contributed by atoms with Crippen LogP contribution in [0.25, 0.3) is 0 Å². The fourth-order valence-corrected chi connectivity index (χ4v) is 4.64. The van der Waals surface area contributed by atoms with Gasteiger partial charge in [0.15, 0.2) is 0 Å². The number of nitrogens with two attached hydrogens (primary N) is 1. The number of piperidine rings is 2. The molecule has 4 fully saturated rings. The summed E-state index contributed by atoms with van der Waals surface area (Å²) in [6.45, 7) is 7.11. The standard InChI is InChI=1S/C13H24N2/c1-13(2,3)15-10-4-8-5-11(15)7-9(6-10)12(8)14/h8-12H,4-7,14H2,1-3H3. The van der Waals surface area contributed by atoms with Gasteiger partial charge in [-0.1, -0.05) is 0 Å². The molecule has 0 amide bonds. The maximum atomic E-state index is 6.30. The highest BCUT2D eigenvalue weighted by Crippen LogP contribution is 2.50. The van der Waals surface area contributed by atoms with Gasteiger partial charge in [-0.25, -0.2) is 0 Å². The maximum absolute atomic E-state index is 6.30. The molecule has 2 aliphatic carbocycles. The van der Waals surface area contributed by atoms with Crippen LogP contribution in [0.2, 0.25) is 0 Å². The third kappa shape index (κ3) is 1.38. The Morgan fingerprint density at radius 1 is 0.933 bits per heavy atom. The second kappa shape index (κ2) is 2.98. The maximum Gasteiger partial charge on any atom is 0.0130 e. The lowest BCUT2D eigenvalue weighted by molar-refractivity contribution is -0.111. The molecule has 2 nitrogen and oxygen atoms in total. The van der Waals surface area contributed by atoms with E-state index in [1.54, 1.807) is 0 Å². The van der Waals surface area contributed by atoms with Gasteiger partial charge in [0, 0.05) is 23.7 Å². The van der Waals surface area contributed by atoms with Crippen LogP contribution >= 0.6 is 0 Å². The van der Waals surface area contributed by atoms with Crippen LogP contribution in [0.4, 0.5) is 0 Å². The second-order valence-electron chi connectivity index (χ2n) is 6.93. The first kappa shape index (κ1) is 10.1. The molecule has 2 aliphatic heterocycles. The zero-order chi connectivity index (χ0) is 10.8. The van der Waals surface area contributed by atoms with E-state index >= 15 is 0 Å². The fraction of sp³-hybridized carbons (Fsp3) is 1.00. The average Bonchev–Trinajstić information content (AvgIpc) is 2.09. The van der Waals surface area contributed by atoms with Crippen LogP contribution < -0.4 is 5.73 Å². The monoisotopic (exact) mass is 208 g/mol.